The van der Waals surface area contributed by atoms with E-state index in [1.54, 1.807) is 19.1 Å². The van der Waals surface area contributed by atoms with E-state index in [9.17, 15) is 22.8 Å². The number of carbonyl (C=O) groups excluding carboxylic acids is 3. The number of morpholine rings is 1. The molecule has 12 nitrogen and oxygen atoms in total. The molecule has 36 heavy (non-hydrogen) atoms. The number of amides is 2. The predicted molar refractivity (Wildman–Crippen MR) is 123 cm³/mol. The first-order chi connectivity index (χ1) is 17.3. The van der Waals surface area contributed by atoms with Gasteiger partial charge in [0.1, 0.15) is 18.4 Å². The standard InChI is InChI=1S/C23H25N3O9S/c1-2-33-22(28)19-17(24-23(29)25-20(19)18-7-4-10-34-18)14-35-21(27)15-5-3-6-16(13-15)36(30,31)26-8-11-32-12-9-26/h3-7,10,13,20H,2,8-9,11-12,14H2,1H3,(H2,24,25,29). The van der Waals surface area contributed by atoms with Crippen LogP contribution in [0.2, 0.25) is 0 Å². The minimum absolute atomic E-state index is 0.00883. The second-order valence-electron chi connectivity index (χ2n) is 7.78. The van der Waals surface area contributed by atoms with Gasteiger partial charge in [-0.25, -0.2) is 22.8 Å². The Morgan fingerprint density at radius 2 is 1.89 bits per heavy atom. The number of urea groups is 1. The van der Waals surface area contributed by atoms with Gasteiger partial charge in [0.2, 0.25) is 10.0 Å². The summed E-state index contributed by atoms with van der Waals surface area (Å²) in [6.45, 7) is 2.25. The van der Waals surface area contributed by atoms with Crippen molar-refractivity contribution in [3.8, 4) is 0 Å². The maximum Gasteiger partial charge on any atom is 0.338 e. The summed E-state index contributed by atoms with van der Waals surface area (Å²) in [5.41, 5.74) is 0.0253. The lowest BCUT2D eigenvalue weighted by Gasteiger charge is -2.27. The smallest absolute Gasteiger partial charge is 0.338 e. The average molecular weight is 520 g/mol. The molecule has 1 unspecified atom stereocenters. The normalized spacial score (nSPS) is 18.8. The number of sulfonamides is 1. The molecule has 1 aromatic carbocycles. The molecule has 2 aliphatic heterocycles. The molecular formula is C23H25N3O9S. The maximum atomic E-state index is 12.9. The van der Waals surface area contributed by atoms with Crippen LogP contribution in [0, 0.1) is 0 Å². The molecule has 4 rings (SSSR count). The van der Waals surface area contributed by atoms with Crippen molar-refractivity contribution in [2.45, 2.75) is 17.9 Å². The van der Waals surface area contributed by atoms with Crippen molar-refractivity contribution in [2.75, 3.05) is 39.5 Å². The van der Waals surface area contributed by atoms with Gasteiger partial charge < -0.3 is 29.3 Å². The number of ether oxygens (including phenoxy) is 3. The molecule has 2 N–H and O–H groups in total. The van der Waals surface area contributed by atoms with Crippen LogP contribution in [0.25, 0.3) is 0 Å². The summed E-state index contributed by atoms with van der Waals surface area (Å²) in [6, 6.07) is 7.06. The zero-order valence-corrected chi connectivity index (χ0v) is 20.2. The van der Waals surface area contributed by atoms with Crippen LogP contribution in [0.4, 0.5) is 4.79 Å². The molecule has 192 valence electrons. The predicted octanol–water partition coefficient (Wildman–Crippen LogP) is 1.33. The van der Waals surface area contributed by atoms with Crippen molar-refractivity contribution in [3.05, 3.63) is 65.3 Å². The Labute approximate surface area is 207 Å². The molecule has 3 heterocycles. The number of hydrogen-bond donors (Lipinski definition) is 2. The summed E-state index contributed by atoms with van der Waals surface area (Å²) in [5.74, 6) is -1.28. The number of esters is 2. The SMILES string of the molecule is CCOC(=O)C1=C(COC(=O)c2cccc(S(=O)(=O)N3CCOCC3)c2)NC(=O)NC1c1ccco1. The van der Waals surface area contributed by atoms with Gasteiger partial charge in [0, 0.05) is 13.1 Å². The van der Waals surface area contributed by atoms with Gasteiger partial charge in [-0.15, -0.1) is 0 Å². The number of rotatable bonds is 8. The van der Waals surface area contributed by atoms with Crippen molar-refractivity contribution in [2.24, 2.45) is 0 Å². The van der Waals surface area contributed by atoms with Gasteiger partial charge in [0.15, 0.2) is 0 Å². The van der Waals surface area contributed by atoms with E-state index in [-0.39, 0.29) is 47.2 Å². The van der Waals surface area contributed by atoms with Crippen LogP contribution in [-0.2, 0) is 29.0 Å². The van der Waals surface area contributed by atoms with Crippen LogP contribution in [-0.4, -0.2) is 70.2 Å². The van der Waals surface area contributed by atoms with Crippen molar-refractivity contribution >= 4 is 28.0 Å². The van der Waals surface area contributed by atoms with Gasteiger partial charge in [-0.2, -0.15) is 4.31 Å². The highest BCUT2D eigenvalue weighted by atomic mass is 32.2. The lowest BCUT2D eigenvalue weighted by molar-refractivity contribution is -0.139. The molecule has 0 saturated carbocycles. The average Bonchev–Trinajstić information content (AvgIpc) is 3.42. The minimum atomic E-state index is -3.82. The first kappa shape index (κ1) is 25.4. The van der Waals surface area contributed by atoms with Gasteiger partial charge in [-0.05, 0) is 37.3 Å². The van der Waals surface area contributed by atoms with E-state index in [2.05, 4.69) is 10.6 Å². The topological polar surface area (TPSA) is 153 Å². The van der Waals surface area contributed by atoms with Gasteiger partial charge >= 0.3 is 18.0 Å². The Balaban J connectivity index is 1.56. The van der Waals surface area contributed by atoms with Crippen molar-refractivity contribution in [1.82, 2.24) is 14.9 Å². The third kappa shape index (κ3) is 5.42. The second-order valence-corrected chi connectivity index (χ2v) is 9.72. The first-order valence-electron chi connectivity index (χ1n) is 11.2. The number of benzene rings is 1. The van der Waals surface area contributed by atoms with Crippen LogP contribution in [0.15, 0.2) is 63.2 Å². The van der Waals surface area contributed by atoms with E-state index in [0.717, 1.165) is 0 Å². The van der Waals surface area contributed by atoms with Crippen LogP contribution in [0.3, 0.4) is 0 Å². The highest BCUT2D eigenvalue weighted by Crippen LogP contribution is 2.28. The quantitative estimate of drug-likeness (QED) is 0.492. The molecule has 1 atom stereocenters. The van der Waals surface area contributed by atoms with Gasteiger partial charge in [-0.3, -0.25) is 0 Å². The van der Waals surface area contributed by atoms with E-state index < -0.39 is 40.6 Å². The van der Waals surface area contributed by atoms with Gasteiger partial charge in [0.05, 0.1) is 47.8 Å². The fourth-order valence-corrected chi connectivity index (χ4v) is 5.25. The highest BCUT2D eigenvalue weighted by Gasteiger charge is 2.36. The zero-order valence-electron chi connectivity index (χ0n) is 19.4. The lowest BCUT2D eigenvalue weighted by atomic mass is 10.0. The number of nitrogens with one attached hydrogen (secondary N) is 2. The molecule has 0 aliphatic carbocycles. The van der Waals surface area contributed by atoms with E-state index in [0.29, 0.717) is 13.2 Å². The second kappa shape index (κ2) is 10.9. The Hall–Kier alpha value is -3.68. The maximum absolute atomic E-state index is 12.9. The Bertz CT molecular complexity index is 1270. The molecule has 2 aliphatic rings. The highest BCUT2D eigenvalue weighted by molar-refractivity contribution is 7.89. The van der Waals surface area contributed by atoms with E-state index in [4.69, 9.17) is 18.6 Å². The molecule has 1 saturated heterocycles. The molecule has 13 heteroatoms. The largest absolute Gasteiger partial charge is 0.467 e. The number of carbonyl (C=O) groups is 3. The first-order valence-corrected chi connectivity index (χ1v) is 12.6. The summed E-state index contributed by atoms with van der Waals surface area (Å²) in [5, 5.41) is 5.07. The molecule has 2 aromatic rings. The molecule has 1 aromatic heterocycles. The van der Waals surface area contributed by atoms with Crippen LogP contribution < -0.4 is 10.6 Å². The molecule has 2 amide bonds. The molecule has 1 fully saturated rings. The fourth-order valence-electron chi connectivity index (χ4n) is 3.79. The molecule has 0 bridgehead atoms. The fraction of sp³-hybridized carbons (Fsp3) is 0.348. The molecular weight excluding hydrogens is 494 g/mol. The van der Waals surface area contributed by atoms with Crippen LogP contribution >= 0.6 is 0 Å². The lowest BCUT2D eigenvalue weighted by Crippen LogP contribution is -2.47. The summed E-state index contributed by atoms with van der Waals surface area (Å²) in [6.07, 6.45) is 1.39. The van der Waals surface area contributed by atoms with Crippen molar-refractivity contribution in [1.29, 1.82) is 0 Å². The van der Waals surface area contributed by atoms with Crippen LogP contribution in [0.5, 0.6) is 0 Å². The van der Waals surface area contributed by atoms with Gasteiger partial charge in [-0.1, -0.05) is 6.07 Å². The molecule has 0 spiro atoms. The van der Waals surface area contributed by atoms with Crippen molar-refractivity contribution in [3.63, 3.8) is 0 Å². The minimum Gasteiger partial charge on any atom is -0.467 e. The van der Waals surface area contributed by atoms with Crippen LogP contribution in [0.1, 0.15) is 29.1 Å². The monoisotopic (exact) mass is 519 g/mol. The Morgan fingerprint density at radius 3 is 2.58 bits per heavy atom. The van der Waals surface area contributed by atoms with E-state index >= 15 is 0 Å². The van der Waals surface area contributed by atoms with E-state index in [1.807, 2.05) is 0 Å². The summed E-state index contributed by atoms with van der Waals surface area (Å²) in [4.78, 5) is 37.7. The third-order valence-electron chi connectivity index (χ3n) is 5.50. The summed E-state index contributed by atoms with van der Waals surface area (Å²) < 4.78 is 48.2. The number of hydrogen-bond acceptors (Lipinski definition) is 9. The molecule has 0 radical (unpaired) electrons. The number of furan rings is 1. The summed E-state index contributed by atoms with van der Waals surface area (Å²) in [7, 11) is -3.82. The Morgan fingerprint density at radius 1 is 1.11 bits per heavy atom. The summed E-state index contributed by atoms with van der Waals surface area (Å²) >= 11 is 0. The number of nitrogens with zero attached hydrogens (tertiary/aromatic N) is 1. The van der Waals surface area contributed by atoms with Crippen molar-refractivity contribution < 1.29 is 41.4 Å². The Kier molecular flexibility index (Phi) is 7.72. The van der Waals surface area contributed by atoms with E-state index in [1.165, 1.54) is 34.8 Å². The third-order valence-corrected chi connectivity index (χ3v) is 7.40. The zero-order chi connectivity index (χ0) is 25.7. The van der Waals surface area contributed by atoms with Gasteiger partial charge in [0.25, 0.3) is 0 Å².